The molecular weight excluding hydrogens is 272 g/mol. The van der Waals surface area contributed by atoms with E-state index in [1.54, 1.807) is 16.4 Å². The zero-order chi connectivity index (χ0) is 14.9. The van der Waals surface area contributed by atoms with Crippen LogP contribution in [0.3, 0.4) is 0 Å². The van der Waals surface area contributed by atoms with E-state index in [9.17, 15) is 8.42 Å². The minimum absolute atomic E-state index is 0.125. The number of benzene rings is 1. The van der Waals surface area contributed by atoms with Crippen molar-refractivity contribution >= 4 is 10.0 Å². The molecule has 0 amide bonds. The normalized spacial score (nSPS) is 15.6. The minimum atomic E-state index is -3.47. The predicted molar refractivity (Wildman–Crippen MR) is 80.9 cm³/mol. The number of nitrogens with two attached hydrogens (primary N) is 1. The molecule has 0 unspecified atom stereocenters. The Morgan fingerprint density at radius 3 is 2.50 bits per heavy atom. The van der Waals surface area contributed by atoms with Crippen molar-refractivity contribution in [3.8, 4) is 0 Å². The Balaban J connectivity index is 2.50. The second-order valence-corrected chi connectivity index (χ2v) is 7.20. The number of hydrogen-bond donors (Lipinski definition) is 1. The Labute approximate surface area is 121 Å². The van der Waals surface area contributed by atoms with Crippen molar-refractivity contribution in [1.29, 1.82) is 0 Å². The van der Waals surface area contributed by atoms with Gasteiger partial charge in [-0.3, -0.25) is 0 Å². The van der Waals surface area contributed by atoms with Crippen LogP contribution in [0.1, 0.15) is 29.5 Å². The van der Waals surface area contributed by atoms with E-state index >= 15 is 0 Å². The first kappa shape index (κ1) is 15.2. The number of aryl methyl sites for hydroxylation is 2. The van der Waals surface area contributed by atoms with Crippen LogP contribution in [0.15, 0.2) is 29.7 Å². The number of hydrogen-bond acceptors (Lipinski definition) is 3. The summed E-state index contributed by atoms with van der Waals surface area (Å²) in [4.78, 5) is 0.373. The molecule has 20 heavy (non-hydrogen) atoms. The lowest BCUT2D eigenvalue weighted by atomic mass is 10.1. The molecule has 110 valence electrons. The molecule has 2 N–H and O–H groups in total. The van der Waals surface area contributed by atoms with Crippen LogP contribution in [0.25, 0.3) is 0 Å². The summed E-state index contributed by atoms with van der Waals surface area (Å²) in [5.74, 6) is 0. The Morgan fingerprint density at radius 1 is 1.35 bits per heavy atom. The van der Waals surface area contributed by atoms with Crippen molar-refractivity contribution < 1.29 is 8.42 Å². The van der Waals surface area contributed by atoms with Crippen molar-refractivity contribution in [2.45, 2.75) is 44.2 Å². The molecule has 1 aromatic carbocycles. The molecular formula is C15H22N2O2S. The molecule has 0 aromatic heterocycles. The maximum atomic E-state index is 12.8. The van der Waals surface area contributed by atoms with E-state index in [-0.39, 0.29) is 6.04 Å². The van der Waals surface area contributed by atoms with Crippen LogP contribution in [-0.4, -0.2) is 25.3 Å². The first-order valence-electron chi connectivity index (χ1n) is 6.84. The second-order valence-electron chi connectivity index (χ2n) is 5.34. The van der Waals surface area contributed by atoms with Crippen molar-refractivity contribution in [3.05, 3.63) is 41.5 Å². The lowest BCUT2D eigenvalue weighted by Gasteiger charge is -2.22. The Morgan fingerprint density at radius 2 is 2.00 bits per heavy atom. The van der Waals surface area contributed by atoms with E-state index in [4.69, 9.17) is 5.73 Å². The molecule has 1 saturated carbocycles. The summed E-state index contributed by atoms with van der Waals surface area (Å²) in [5, 5.41) is 0. The van der Waals surface area contributed by atoms with Gasteiger partial charge in [0, 0.05) is 19.1 Å². The first-order chi connectivity index (χ1) is 9.41. The van der Waals surface area contributed by atoms with Crippen LogP contribution < -0.4 is 5.73 Å². The Bertz CT molecular complexity index is 619. The third kappa shape index (κ3) is 2.80. The summed E-state index contributed by atoms with van der Waals surface area (Å²) >= 11 is 0. The smallest absolute Gasteiger partial charge is 0.243 e. The standard InChI is InChI=1S/C15H22N2O2S/c1-4-7-17(14-5-6-14)20(18,19)15-9-13(10-16)11(2)8-12(15)3/h4,8-9,14H,1,5-7,10,16H2,2-3H3. The van der Waals surface area contributed by atoms with E-state index in [0.717, 1.165) is 29.5 Å². The summed E-state index contributed by atoms with van der Waals surface area (Å²) in [5.41, 5.74) is 8.38. The fourth-order valence-electron chi connectivity index (χ4n) is 2.43. The second kappa shape index (κ2) is 5.68. The van der Waals surface area contributed by atoms with E-state index in [2.05, 4.69) is 6.58 Å². The SMILES string of the molecule is C=CCN(C1CC1)S(=O)(=O)c1cc(CN)c(C)cc1C. The molecule has 0 spiro atoms. The topological polar surface area (TPSA) is 63.4 Å². The summed E-state index contributed by atoms with van der Waals surface area (Å²) in [7, 11) is -3.47. The van der Waals surface area contributed by atoms with Crippen LogP contribution in [0.4, 0.5) is 0 Å². The van der Waals surface area contributed by atoms with Gasteiger partial charge in [-0.25, -0.2) is 8.42 Å². The summed E-state index contributed by atoms with van der Waals surface area (Å²) < 4.78 is 27.2. The van der Waals surface area contributed by atoms with Gasteiger partial charge in [0.15, 0.2) is 0 Å². The highest BCUT2D eigenvalue weighted by atomic mass is 32.2. The molecule has 0 saturated heterocycles. The van der Waals surface area contributed by atoms with Gasteiger partial charge in [0.05, 0.1) is 4.90 Å². The summed E-state index contributed by atoms with van der Waals surface area (Å²) in [6.07, 6.45) is 3.51. The summed E-state index contributed by atoms with van der Waals surface area (Å²) in [6, 6.07) is 3.74. The average Bonchev–Trinajstić information content (AvgIpc) is 3.19. The van der Waals surface area contributed by atoms with E-state index in [1.165, 1.54) is 0 Å². The first-order valence-corrected chi connectivity index (χ1v) is 8.28. The van der Waals surface area contributed by atoms with Gasteiger partial charge in [-0.1, -0.05) is 12.1 Å². The van der Waals surface area contributed by atoms with Crippen molar-refractivity contribution in [1.82, 2.24) is 4.31 Å². The van der Waals surface area contributed by atoms with Crippen LogP contribution >= 0.6 is 0 Å². The highest BCUT2D eigenvalue weighted by Crippen LogP contribution is 2.33. The fraction of sp³-hybridized carbons (Fsp3) is 0.467. The average molecular weight is 294 g/mol. The third-order valence-electron chi connectivity index (χ3n) is 3.70. The number of sulfonamides is 1. The number of rotatable bonds is 6. The van der Waals surface area contributed by atoms with Crippen LogP contribution in [0.2, 0.25) is 0 Å². The van der Waals surface area contributed by atoms with E-state index in [1.807, 2.05) is 19.9 Å². The highest BCUT2D eigenvalue weighted by molar-refractivity contribution is 7.89. The zero-order valence-corrected chi connectivity index (χ0v) is 12.9. The quantitative estimate of drug-likeness (QED) is 0.817. The van der Waals surface area contributed by atoms with Crippen molar-refractivity contribution in [3.63, 3.8) is 0 Å². The minimum Gasteiger partial charge on any atom is -0.326 e. The zero-order valence-electron chi connectivity index (χ0n) is 12.1. The Hall–Kier alpha value is -1.17. The predicted octanol–water partition coefficient (Wildman–Crippen LogP) is 2.10. The van der Waals surface area contributed by atoms with Crippen LogP contribution in [-0.2, 0) is 16.6 Å². The van der Waals surface area contributed by atoms with Crippen LogP contribution in [0.5, 0.6) is 0 Å². The van der Waals surface area contributed by atoms with Gasteiger partial charge < -0.3 is 5.73 Å². The molecule has 0 atom stereocenters. The lowest BCUT2D eigenvalue weighted by Crippen LogP contribution is -2.33. The molecule has 1 aliphatic carbocycles. The van der Waals surface area contributed by atoms with Crippen molar-refractivity contribution in [2.75, 3.05) is 6.54 Å². The monoisotopic (exact) mass is 294 g/mol. The van der Waals surface area contributed by atoms with Crippen molar-refractivity contribution in [2.24, 2.45) is 5.73 Å². The maximum absolute atomic E-state index is 12.8. The molecule has 0 aliphatic heterocycles. The summed E-state index contributed by atoms with van der Waals surface area (Å²) in [6.45, 7) is 8.15. The molecule has 1 fully saturated rings. The molecule has 1 aromatic rings. The molecule has 5 heteroatoms. The van der Waals surface area contributed by atoms with Gasteiger partial charge in [0.1, 0.15) is 0 Å². The highest BCUT2D eigenvalue weighted by Gasteiger charge is 2.37. The van der Waals surface area contributed by atoms with Gasteiger partial charge in [0.2, 0.25) is 10.0 Å². The maximum Gasteiger partial charge on any atom is 0.243 e. The molecule has 0 radical (unpaired) electrons. The molecule has 4 nitrogen and oxygen atoms in total. The Kier molecular flexibility index (Phi) is 4.32. The van der Waals surface area contributed by atoms with E-state index < -0.39 is 10.0 Å². The number of nitrogens with zero attached hydrogens (tertiary/aromatic N) is 1. The largest absolute Gasteiger partial charge is 0.326 e. The molecule has 0 heterocycles. The molecule has 1 aliphatic rings. The molecule has 2 rings (SSSR count). The van der Waals surface area contributed by atoms with Gasteiger partial charge >= 0.3 is 0 Å². The van der Waals surface area contributed by atoms with Gasteiger partial charge in [-0.2, -0.15) is 4.31 Å². The van der Waals surface area contributed by atoms with E-state index in [0.29, 0.717) is 18.0 Å². The van der Waals surface area contributed by atoms with Gasteiger partial charge in [-0.15, -0.1) is 6.58 Å². The molecule has 0 bridgehead atoms. The van der Waals surface area contributed by atoms with Gasteiger partial charge in [0.25, 0.3) is 0 Å². The fourth-order valence-corrected chi connectivity index (χ4v) is 4.35. The third-order valence-corrected chi connectivity index (χ3v) is 5.76. The lowest BCUT2D eigenvalue weighted by molar-refractivity contribution is 0.435. The van der Waals surface area contributed by atoms with Crippen LogP contribution in [0, 0.1) is 13.8 Å². The van der Waals surface area contributed by atoms with Gasteiger partial charge in [-0.05, 0) is 49.4 Å².